The fourth-order valence-electron chi connectivity index (χ4n) is 1.12. The molecule has 0 atom stereocenters. The minimum Gasteiger partial charge on any atom is -0.489 e. The molecule has 1 aromatic rings. The van der Waals surface area contributed by atoms with E-state index < -0.39 is 11.4 Å². The van der Waals surface area contributed by atoms with Crippen LogP contribution in [0.4, 0.5) is 4.39 Å². The average Bonchev–Trinajstić information content (AvgIpc) is 2.93. The smallest absolute Gasteiger partial charge is 0.159 e. The molecule has 0 bridgehead atoms. The van der Waals surface area contributed by atoms with Crippen molar-refractivity contribution in [2.75, 3.05) is 6.61 Å². The van der Waals surface area contributed by atoms with Crippen molar-refractivity contribution in [1.29, 1.82) is 0 Å². The quantitative estimate of drug-likeness (QED) is 0.868. The normalized spacial score (nSPS) is 17.6. The molecule has 15 heavy (non-hydrogen) atoms. The fourth-order valence-corrected chi connectivity index (χ4v) is 1.78. The van der Waals surface area contributed by atoms with Crippen LogP contribution in [-0.2, 0) is 0 Å². The third-order valence-electron chi connectivity index (χ3n) is 2.32. The molecular formula is C10H9BrClFO2. The molecule has 0 radical (unpaired) electrons. The lowest BCUT2D eigenvalue weighted by Crippen LogP contribution is -2.18. The second kappa shape index (κ2) is 3.92. The fraction of sp³-hybridized carbons (Fsp3) is 0.400. The highest BCUT2D eigenvalue weighted by Gasteiger charge is 2.41. The van der Waals surface area contributed by atoms with E-state index in [1.165, 1.54) is 6.07 Å². The zero-order chi connectivity index (χ0) is 11.1. The van der Waals surface area contributed by atoms with Gasteiger partial charge in [-0.2, -0.15) is 0 Å². The van der Waals surface area contributed by atoms with Gasteiger partial charge >= 0.3 is 0 Å². The first-order chi connectivity index (χ1) is 7.02. The summed E-state index contributed by atoms with van der Waals surface area (Å²) in [5, 5.41) is 9.47. The van der Waals surface area contributed by atoms with Gasteiger partial charge in [-0.1, -0.05) is 11.6 Å². The minimum atomic E-state index is -0.729. The number of ether oxygens (including phenoxy) is 1. The number of halogens is 3. The van der Waals surface area contributed by atoms with Crippen LogP contribution in [0, 0.1) is 5.82 Å². The summed E-state index contributed by atoms with van der Waals surface area (Å²) in [6.07, 6.45) is 1.45. The summed E-state index contributed by atoms with van der Waals surface area (Å²) in [4.78, 5) is 0. The predicted molar refractivity (Wildman–Crippen MR) is 58.8 cm³/mol. The zero-order valence-electron chi connectivity index (χ0n) is 7.77. The van der Waals surface area contributed by atoms with Crippen LogP contribution in [0.2, 0.25) is 5.02 Å². The molecule has 1 aliphatic rings. The summed E-state index contributed by atoms with van der Waals surface area (Å²) in [7, 11) is 0. The molecule has 0 heterocycles. The second-order valence-electron chi connectivity index (χ2n) is 3.69. The highest BCUT2D eigenvalue weighted by molar-refractivity contribution is 9.10. The monoisotopic (exact) mass is 294 g/mol. The van der Waals surface area contributed by atoms with Crippen LogP contribution in [-0.4, -0.2) is 17.3 Å². The van der Waals surface area contributed by atoms with Crippen LogP contribution in [0.1, 0.15) is 12.8 Å². The molecule has 2 rings (SSSR count). The first kappa shape index (κ1) is 11.2. The van der Waals surface area contributed by atoms with E-state index in [2.05, 4.69) is 15.9 Å². The van der Waals surface area contributed by atoms with E-state index in [9.17, 15) is 9.50 Å². The van der Waals surface area contributed by atoms with Gasteiger partial charge in [0.05, 0.1) is 10.1 Å². The maximum Gasteiger partial charge on any atom is 0.159 e. The number of aliphatic hydroxyl groups is 1. The molecule has 0 saturated heterocycles. The third kappa shape index (κ3) is 2.44. The molecule has 1 aromatic carbocycles. The molecule has 1 aliphatic carbocycles. The van der Waals surface area contributed by atoms with Crippen molar-refractivity contribution in [3.05, 3.63) is 27.4 Å². The number of hydrogen-bond donors (Lipinski definition) is 1. The second-order valence-corrected chi connectivity index (χ2v) is 4.92. The lowest BCUT2D eigenvalue weighted by molar-refractivity contribution is 0.0855. The van der Waals surface area contributed by atoms with Crippen LogP contribution in [0.25, 0.3) is 0 Å². The molecule has 0 aliphatic heterocycles. The summed E-state index contributed by atoms with van der Waals surface area (Å²) < 4.78 is 18.9. The van der Waals surface area contributed by atoms with Crippen LogP contribution >= 0.6 is 27.5 Å². The first-order valence-electron chi connectivity index (χ1n) is 4.50. The van der Waals surface area contributed by atoms with Gasteiger partial charge in [-0.25, -0.2) is 4.39 Å². The lowest BCUT2D eigenvalue weighted by Gasteiger charge is -2.12. The van der Waals surface area contributed by atoms with E-state index >= 15 is 0 Å². The van der Waals surface area contributed by atoms with Gasteiger partial charge in [-0.3, -0.25) is 0 Å². The molecule has 1 fully saturated rings. The average molecular weight is 296 g/mol. The Morgan fingerprint density at radius 2 is 2.20 bits per heavy atom. The Hall–Kier alpha value is -0.320. The maximum atomic E-state index is 13.3. The van der Waals surface area contributed by atoms with Gasteiger partial charge in [0.1, 0.15) is 17.4 Å². The lowest BCUT2D eigenvalue weighted by atomic mass is 10.3. The van der Waals surface area contributed by atoms with Gasteiger partial charge in [0.2, 0.25) is 0 Å². The summed E-state index contributed by atoms with van der Waals surface area (Å²) in [5.41, 5.74) is -0.729. The Labute approximate surface area is 100 Å². The van der Waals surface area contributed by atoms with Crippen molar-refractivity contribution in [2.45, 2.75) is 18.4 Å². The van der Waals surface area contributed by atoms with Gasteiger partial charge in [-0.15, -0.1) is 0 Å². The maximum absolute atomic E-state index is 13.3. The standard InChI is InChI=1S/C10H9BrClFO2/c11-6-1-2-7(8(12)9(6)13)15-5-10(14)3-4-10/h1-2,14H,3-5H2. The molecule has 0 aromatic heterocycles. The van der Waals surface area contributed by atoms with Crippen LogP contribution in [0.5, 0.6) is 5.75 Å². The summed E-state index contributed by atoms with van der Waals surface area (Å²) >= 11 is 8.75. The molecule has 5 heteroatoms. The van der Waals surface area contributed by atoms with E-state index in [0.717, 1.165) is 12.8 Å². The van der Waals surface area contributed by atoms with Gasteiger partial charge in [0.25, 0.3) is 0 Å². The van der Waals surface area contributed by atoms with Crippen molar-refractivity contribution in [3.63, 3.8) is 0 Å². The molecule has 2 nitrogen and oxygen atoms in total. The number of hydrogen-bond acceptors (Lipinski definition) is 2. The summed E-state index contributed by atoms with van der Waals surface area (Å²) in [6, 6.07) is 3.09. The van der Waals surface area contributed by atoms with Crippen molar-refractivity contribution in [3.8, 4) is 5.75 Å². The van der Waals surface area contributed by atoms with Gasteiger partial charge in [0, 0.05) is 0 Å². The van der Waals surface area contributed by atoms with Crippen molar-refractivity contribution >= 4 is 27.5 Å². The molecule has 0 amide bonds. The topological polar surface area (TPSA) is 29.5 Å². The molecule has 1 saturated carbocycles. The first-order valence-corrected chi connectivity index (χ1v) is 5.68. The number of benzene rings is 1. The van der Waals surface area contributed by atoms with Gasteiger partial charge < -0.3 is 9.84 Å². The third-order valence-corrected chi connectivity index (χ3v) is 3.29. The summed E-state index contributed by atoms with van der Waals surface area (Å²) in [5.74, 6) is -0.283. The molecular weight excluding hydrogens is 286 g/mol. The van der Waals surface area contributed by atoms with Crippen LogP contribution in [0.15, 0.2) is 16.6 Å². The van der Waals surface area contributed by atoms with Gasteiger partial charge in [0.15, 0.2) is 5.82 Å². The SMILES string of the molecule is OC1(COc2ccc(Br)c(F)c2Cl)CC1. The Kier molecular flexibility index (Phi) is 2.92. The van der Waals surface area contributed by atoms with Crippen molar-refractivity contribution in [1.82, 2.24) is 0 Å². The molecule has 1 N–H and O–H groups in total. The van der Waals surface area contributed by atoms with E-state index in [-0.39, 0.29) is 17.4 Å². The number of rotatable bonds is 3. The highest BCUT2D eigenvalue weighted by Crippen LogP contribution is 2.37. The van der Waals surface area contributed by atoms with E-state index in [1.54, 1.807) is 6.07 Å². The van der Waals surface area contributed by atoms with E-state index in [4.69, 9.17) is 16.3 Å². The van der Waals surface area contributed by atoms with E-state index in [1.807, 2.05) is 0 Å². The minimum absolute atomic E-state index is 0.0615. The van der Waals surface area contributed by atoms with E-state index in [0.29, 0.717) is 4.47 Å². The Morgan fingerprint density at radius 1 is 1.53 bits per heavy atom. The Morgan fingerprint density at radius 3 is 2.80 bits per heavy atom. The molecule has 0 spiro atoms. The highest BCUT2D eigenvalue weighted by atomic mass is 79.9. The van der Waals surface area contributed by atoms with Crippen LogP contribution in [0.3, 0.4) is 0 Å². The van der Waals surface area contributed by atoms with Crippen molar-refractivity contribution < 1.29 is 14.2 Å². The molecule has 82 valence electrons. The van der Waals surface area contributed by atoms with Crippen molar-refractivity contribution in [2.24, 2.45) is 0 Å². The predicted octanol–water partition coefficient (Wildman–Crippen LogP) is 3.15. The largest absolute Gasteiger partial charge is 0.489 e. The van der Waals surface area contributed by atoms with Crippen LogP contribution < -0.4 is 4.74 Å². The molecule has 0 unspecified atom stereocenters. The Bertz CT molecular complexity index is 393. The zero-order valence-corrected chi connectivity index (χ0v) is 10.1. The summed E-state index contributed by atoms with van der Waals surface area (Å²) in [6.45, 7) is 0.161. The van der Waals surface area contributed by atoms with Gasteiger partial charge in [-0.05, 0) is 40.9 Å². The Balaban J connectivity index is 2.11.